The number of aromatic nitrogens is 2. The zero-order valence-electron chi connectivity index (χ0n) is 10.9. The molecule has 0 spiro atoms. The highest BCUT2D eigenvalue weighted by Gasteiger charge is 2.08. The molecule has 0 saturated heterocycles. The Bertz CT molecular complexity index is 401. The van der Waals surface area contributed by atoms with Gasteiger partial charge in [0.05, 0.1) is 6.10 Å². The second-order valence-electron chi connectivity index (χ2n) is 4.23. The molecule has 0 bridgehead atoms. The first-order valence-electron chi connectivity index (χ1n) is 5.98. The first-order valence-corrected chi connectivity index (χ1v) is 5.98. The molecule has 5 heteroatoms. The normalized spacial score (nSPS) is 12.8. The van der Waals surface area contributed by atoms with Crippen LogP contribution in [0, 0.1) is 0 Å². The van der Waals surface area contributed by atoms with Crippen LogP contribution in [0.1, 0.15) is 33.7 Å². The molecule has 0 aliphatic rings. The van der Waals surface area contributed by atoms with Gasteiger partial charge >= 0.3 is 0 Å². The van der Waals surface area contributed by atoms with E-state index < -0.39 is 0 Å². The van der Waals surface area contributed by atoms with Crippen LogP contribution in [0.2, 0.25) is 0 Å². The highest BCUT2D eigenvalue weighted by molar-refractivity contribution is 5.30. The number of nitrogens with zero attached hydrogens (tertiary/aromatic N) is 2. The van der Waals surface area contributed by atoms with E-state index in [1.54, 1.807) is 17.0 Å². The first kappa shape index (κ1) is 13.7. The van der Waals surface area contributed by atoms with Gasteiger partial charge in [-0.3, -0.25) is 4.79 Å². The summed E-state index contributed by atoms with van der Waals surface area (Å²) in [5, 5.41) is 3.02. The van der Waals surface area contributed by atoms with Crippen molar-refractivity contribution in [2.45, 2.75) is 39.8 Å². The van der Waals surface area contributed by atoms with Crippen LogP contribution in [-0.4, -0.2) is 28.8 Å². The molecule has 17 heavy (non-hydrogen) atoms. The molecule has 0 radical (unpaired) electrons. The smallest absolute Gasteiger partial charge is 0.293 e. The SMILES string of the molecule is CCOC(C)CNc1nccn(C(C)C)c1=O. The van der Waals surface area contributed by atoms with Crippen molar-refractivity contribution in [2.24, 2.45) is 0 Å². The summed E-state index contributed by atoms with van der Waals surface area (Å²) in [6.45, 7) is 9.09. The average molecular weight is 239 g/mol. The lowest BCUT2D eigenvalue weighted by molar-refractivity contribution is 0.0854. The fraction of sp³-hybridized carbons (Fsp3) is 0.667. The molecule has 96 valence electrons. The zero-order chi connectivity index (χ0) is 12.8. The fourth-order valence-electron chi connectivity index (χ4n) is 1.54. The van der Waals surface area contributed by atoms with Gasteiger partial charge in [0.1, 0.15) is 0 Å². The van der Waals surface area contributed by atoms with Gasteiger partial charge in [-0.25, -0.2) is 4.98 Å². The van der Waals surface area contributed by atoms with Crippen molar-refractivity contribution in [2.75, 3.05) is 18.5 Å². The van der Waals surface area contributed by atoms with E-state index in [0.717, 1.165) is 0 Å². The lowest BCUT2D eigenvalue weighted by atomic mass is 10.3. The number of ether oxygens (including phenoxy) is 1. The molecule has 0 aliphatic heterocycles. The quantitative estimate of drug-likeness (QED) is 0.820. The molecule has 0 aliphatic carbocycles. The van der Waals surface area contributed by atoms with Gasteiger partial charge in [-0.05, 0) is 27.7 Å². The van der Waals surface area contributed by atoms with E-state index in [2.05, 4.69) is 10.3 Å². The molecule has 0 aromatic carbocycles. The molecule has 0 saturated carbocycles. The minimum Gasteiger partial charge on any atom is -0.377 e. The topological polar surface area (TPSA) is 56.1 Å². The third kappa shape index (κ3) is 3.85. The largest absolute Gasteiger partial charge is 0.377 e. The van der Waals surface area contributed by atoms with Crippen molar-refractivity contribution in [3.05, 3.63) is 22.7 Å². The number of hydrogen-bond acceptors (Lipinski definition) is 4. The first-order chi connectivity index (χ1) is 8.06. The molecule has 1 heterocycles. The van der Waals surface area contributed by atoms with Gasteiger partial charge in [-0.2, -0.15) is 0 Å². The van der Waals surface area contributed by atoms with Gasteiger partial charge in [-0.1, -0.05) is 0 Å². The Morgan fingerprint density at radius 3 is 2.76 bits per heavy atom. The van der Waals surface area contributed by atoms with E-state index in [4.69, 9.17) is 4.74 Å². The highest BCUT2D eigenvalue weighted by atomic mass is 16.5. The van der Waals surface area contributed by atoms with E-state index in [0.29, 0.717) is 19.0 Å². The van der Waals surface area contributed by atoms with Gasteiger partial charge in [0.25, 0.3) is 5.56 Å². The summed E-state index contributed by atoms with van der Waals surface area (Å²) >= 11 is 0. The molecule has 5 nitrogen and oxygen atoms in total. The summed E-state index contributed by atoms with van der Waals surface area (Å²) in [6.07, 6.45) is 3.40. The number of anilines is 1. The summed E-state index contributed by atoms with van der Waals surface area (Å²) < 4.78 is 7.04. The van der Waals surface area contributed by atoms with Crippen molar-refractivity contribution in [3.8, 4) is 0 Å². The van der Waals surface area contributed by atoms with Crippen LogP contribution >= 0.6 is 0 Å². The molecular formula is C12H21N3O2. The van der Waals surface area contributed by atoms with Crippen molar-refractivity contribution in [1.29, 1.82) is 0 Å². The zero-order valence-corrected chi connectivity index (χ0v) is 10.9. The minimum atomic E-state index is -0.0915. The molecule has 0 fully saturated rings. The van der Waals surface area contributed by atoms with Crippen molar-refractivity contribution in [3.63, 3.8) is 0 Å². The monoisotopic (exact) mass is 239 g/mol. The van der Waals surface area contributed by atoms with Gasteiger partial charge in [0.2, 0.25) is 0 Å². The Balaban J connectivity index is 2.72. The summed E-state index contributed by atoms with van der Waals surface area (Å²) in [6, 6.07) is 0.135. The van der Waals surface area contributed by atoms with Crippen LogP contribution in [-0.2, 0) is 4.74 Å². The van der Waals surface area contributed by atoms with Crippen molar-refractivity contribution >= 4 is 5.82 Å². The molecule has 1 rings (SSSR count). The number of hydrogen-bond donors (Lipinski definition) is 1. The van der Waals surface area contributed by atoms with Gasteiger partial charge in [0, 0.05) is 31.6 Å². The van der Waals surface area contributed by atoms with Crippen LogP contribution in [0.3, 0.4) is 0 Å². The number of rotatable bonds is 6. The Morgan fingerprint density at radius 1 is 1.47 bits per heavy atom. The summed E-state index contributed by atoms with van der Waals surface area (Å²) in [5.74, 6) is 0.382. The number of nitrogens with one attached hydrogen (secondary N) is 1. The molecular weight excluding hydrogens is 218 g/mol. The van der Waals surface area contributed by atoms with Crippen LogP contribution in [0.4, 0.5) is 5.82 Å². The maximum absolute atomic E-state index is 12.0. The third-order valence-corrected chi connectivity index (χ3v) is 2.43. The second kappa shape index (κ2) is 6.39. The predicted octanol–water partition coefficient (Wildman–Crippen LogP) is 1.66. The molecule has 1 N–H and O–H groups in total. The Morgan fingerprint density at radius 2 is 2.18 bits per heavy atom. The van der Waals surface area contributed by atoms with E-state index in [1.807, 2.05) is 27.7 Å². The van der Waals surface area contributed by atoms with Gasteiger partial charge < -0.3 is 14.6 Å². The van der Waals surface area contributed by atoms with Crippen LogP contribution in [0.25, 0.3) is 0 Å². The summed E-state index contributed by atoms with van der Waals surface area (Å²) in [5.41, 5.74) is -0.0915. The minimum absolute atomic E-state index is 0.0638. The fourth-order valence-corrected chi connectivity index (χ4v) is 1.54. The van der Waals surface area contributed by atoms with Crippen molar-refractivity contribution < 1.29 is 4.74 Å². The molecule has 1 unspecified atom stereocenters. The Kier molecular flexibility index (Phi) is 5.15. The molecule has 1 aromatic heterocycles. The highest BCUT2D eigenvalue weighted by Crippen LogP contribution is 2.01. The third-order valence-electron chi connectivity index (χ3n) is 2.43. The standard InChI is InChI=1S/C12H21N3O2/c1-5-17-10(4)8-14-11-12(16)15(9(2)3)7-6-13-11/h6-7,9-10H,5,8H2,1-4H3,(H,13,14). The summed E-state index contributed by atoms with van der Waals surface area (Å²) in [7, 11) is 0. The maximum Gasteiger partial charge on any atom is 0.293 e. The van der Waals surface area contributed by atoms with E-state index >= 15 is 0 Å². The molecule has 1 aromatic rings. The van der Waals surface area contributed by atoms with Crippen LogP contribution in [0.15, 0.2) is 17.2 Å². The van der Waals surface area contributed by atoms with E-state index in [1.165, 1.54) is 0 Å². The van der Waals surface area contributed by atoms with Crippen LogP contribution in [0.5, 0.6) is 0 Å². The average Bonchev–Trinajstić information content (AvgIpc) is 2.27. The van der Waals surface area contributed by atoms with Crippen molar-refractivity contribution in [1.82, 2.24) is 9.55 Å². The van der Waals surface area contributed by atoms with Gasteiger partial charge in [-0.15, -0.1) is 0 Å². The lowest BCUT2D eigenvalue weighted by Gasteiger charge is -2.14. The molecule has 1 atom stereocenters. The van der Waals surface area contributed by atoms with E-state index in [-0.39, 0.29) is 17.7 Å². The summed E-state index contributed by atoms with van der Waals surface area (Å²) in [4.78, 5) is 16.0. The predicted molar refractivity (Wildman–Crippen MR) is 68.5 cm³/mol. The van der Waals surface area contributed by atoms with E-state index in [9.17, 15) is 4.79 Å². The maximum atomic E-state index is 12.0. The van der Waals surface area contributed by atoms with Gasteiger partial charge in [0.15, 0.2) is 5.82 Å². The van der Waals surface area contributed by atoms with Crippen LogP contribution < -0.4 is 10.9 Å². The molecule has 0 amide bonds. The Labute approximate surface area is 102 Å². The Hall–Kier alpha value is -1.36. The lowest BCUT2D eigenvalue weighted by Crippen LogP contribution is -2.28. The second-order valence-corrected chi connectivity index (χ2v) is 4.23.